The van der Waals surface area contributed by atoms with Crippen LogP contribution in [0.15, 0.2) is 60.0 Å². The van der Waals surface area contributed by atoms with Crippen LogP contribution in [0.5, 0.6) is 5.88 Å². The molecule has 0 unspecified atom stereocenters. The van der Waals surface area contributed by atoms with Crippen LogP contribution < -0.4 is 4.74 Å². The largest absolute Gasteiger partial charge is 0.481 e. The van der Waals surface area contributed by atoms with Gasteiger partial charge in [0.2, 0.25) is 5.88 Å². The van der Waals surface area contributed by atoms with Crippen LogP contribution >= 0.6 is 34.4 Å². The number of ether oxygens (including phenoxy) is 1. The average Bonchev–Trinajstić information content (AvgIpc) is 3.14. The molecular weight excluding hydrogens is 540 g/mol. The summed E-state index contributed by atoms with van der Waals surface area (Å²) in [6.45, 7) is 0. The Morgan fingerprint density at radius 2 is 1.84 bits per heavy atom. The highest BCUT2D eigenvalue weighted by molar-refractivity contribution is 14.1. The number of nitrogens with zero attached hydrogens (tertiary/aromatic N) is 4. The Balaban J connectivity index is 1.69. The molecule has 31 heavy (non-hydrogen) atoms. The van der Waals surface area contributed by atoms with E-state index in [1.165, 1.54) is 29.6 Å². The van der Waals surface area contributed by atoms with Crippen molar-refractivity contribution < 1.29 is 17.9 Å². The Hall–Kier alpha value is -2.34. The van der Waals surface area contributed by atoms with Gasteiger partial charge < -0.3 is 4.74 Å². The van der Waals surface area contributed by atoms with Gasteiger partial charge in [-0.2, -0.15) is 13.2 Å². The number of benzene rings is 1. The number of fused-ring (bicyclic) bond motifs is 1. The van der Waals surface area contributed by atoms with E-state index in [0.29, 0.717) is 22.4 Å². The predicted octanol–water partition coefficient (Wildman–Crippen LogP) is 6.07. The van der Waals surface area contributed by atoms with Crippen LogP contribution in [0.3, 0.4) is 0 Å². The van der Waals surface area contributed by atoms with Crippen molar-refractivity contribution in [2.45, 2.75) is 21.5 Å². The summed E-state index contributed by atoms with van der Waals surface area (Å²) in [5.41, 5.74) is 3.54. The third kappa shape index (κ3) is 4.79. The van der Waals surface area contributed by atoms with Gasteiger partial charge in [-0.25, -0.2) is 9.97 Å². The number of halogens is 4. The standard InChI is InChI=1S/C21H16F3IN4OS/c1-30-19-7-4-15(11-27-19)29-17-8-13(9-25)2-5-16(17)28-20(29)31-12-14-3-6-18(26-10-14)21(22,23)24/h2-8,10-11H,9,12H2,1H3. The Kier molecular flexibility index (Phi) is 6.37. The summed E-state index contributed by atoms with van der Waals surface area (Å²) in [6.07, 6.45) is -1.48. The molecule has 10 heteroatoms. The second kappa shape index (κ2) is 9.03. The summed E-state index contributed by atoms with van der Waals surface area (Å²) in [5.74, 6) is 0.933. The van der Waals surface area contributed by atoms with Crippen molar-refractivity contribution >= 4 is 45.4 Å². The zero-order valence-electron chi connectivity index (χ0n) is 16.2. The minimum Gasteiger partial charge on any atom is -0.481 e. The van der Waals surface area contributed by atoms with Crippen LogP contribution in [-0.2, 0) is 16.4 Å². The molecule has 4 aromatic rings. The van der Waals surface area contributed by atoms with E-state index in [4.69, 9.17) is 9.72 Å². The minimum atomic E-state index is -4.45. The number of hydrogen-bond donors (Lipinski definition) is 0. The van der Waals surface area contributed by atoms with Gasteiger partial charge in [0.25, 0.3) is 0 Å². The van der Waals surface area contributed by atoms with Gasteiger partial charge in [-0.15, -0.1) is 0 Å². The van der Waals surface area contributed by atoms with Crippen molar-refractivity contribution in [3.63, 3.8) is 0 Å². The van der Waals surface area contributed by atoms with Gasteiger partial charge in [0.1, 0.15) is 5.69 Å². The molecule has 0 aliphatic rings. The third-order valence-corrected chi connectivity index (χ3v) is 6.40. The van der Waals surface area contributed by atoms with E-state index in [1.807, 2.05) is 22.8 Å². The fraction of sp³-hybridized carbons (Fsp3) is 0.190. The zero-order chi connectivity index (χ0) is 22.0. The second-order valence-electron chi connectivity index (χ2n) is 6.58. The molecule has 0 bridgehead atoms. The van der Waals surface area contributed by atoms with Gasteiger partial charge >= 0.3 is 6.18 Å². The van der Waals surface area contributed by atoms with Crippen molar-refractivity contribution in [1.82, 2.24) is 19.5 Å². The number of rotatable bonds is 6. The number of pyridine rings is 2. The fourth-order valence-electron chi connectivity index (χ4n) is 2.98. The molecule has 0 aliphatic carbocycles. The molecule has 0 radical (unpaired) electrons. The summed E-state index contributed by atoms with van der Waals surface area (Å²) in [5, 5.41) is 0.715. The predicted molar refractivity (Wildman–Crippen MR) is 122 cm³/mol. The van der Waals surface area contributed by atoms with E-state index in [2.05, 4.69) is 38.6 Å². The van der Waals surface area contributed by atoms with Crippen LogP contribution in [0.4, 0.5) is 13.2 Å². The monoisotopic (exact) mass is 556 g/mol. The first-order valence-electron chi connectivity index (χ1n) is 9.11. The smallest absolute Gasteiger partial charge is 0.433 e. The lowest BCUT2D eigenvalue weighted by Crippen LogP contribution is -2.07. The summed E-state index contributed by atoms with van der Waals surface area (Å²) >= 11 is 3.74. The molecule has 4 rings (SSSR count). The van der Waals surface area contributed by atoms with E-state index in [1.54, 1.807) is 19.4 Å². The van der Waals surface area contributed by atoms with Crippen LogP contribution in [0, 0.1) is 0 Å². The van der Waals surface area contributed by atoms with E-state index < -0.39 is 11.9 Å². The lowest BCUT2D eigenvalue weighted by Gasteiger charge is -2.10. The molecule has 1 aromatic carbocycles. The van der Waals surface area contributed by atoms with Crippen molar-refractivity contribution in [3.8, 4) is 11.6 Å². The Morgan fingerprint density at radius 3 is 2.45 bits per heavy atom. The third-order valence-electron chi connectivity index (χ3n) is 4.51. The van der Waals surface area contributed by atoms with Gasteiger partial charge in [-0.1, -0.05) is 46.5 Å². The molecule has 3 aromatic heterocycles. The molecule has 0 amide bonds. The number of methoxy groups -OCH3 is 1. The lowest BCUT2D eigenvalue weighted by atomic mass is 10.2. The summed E-state index contributed by atoms with van der Waals surface area (Å²) < 4.78 is 46.3. The quantitative estimate of drug-likeness (QED) is 0.164. The maximum Gasteiger partial charge on any atom is 0.433 e. The van der Waals surface area contributed by atoms with Crippen molar-refractivity contribution in [2.24, 2.45) is 0 Å². The second-order valence-corrected chi connectivity index (χ2v) is 8.29. The number of hydrogen-bond acceptors (Lipinski definition) is 5. The maximum atomic E-state index is 12.7. The van der Waals surface area contributed by atoms with Crippen LogP contribution in [0.1, 0.15) is 16.8 Å². The highest BCUT2D eigenvalue weighted by Gasteiger charge is 2.32. The molecule has 0 fully saturated rings. The van der Waals surface area contributed by atoms with Crippen molar-refractivity contribution in [3.05, 3.63) is 71.7 Å². The van der Waals surface area contributed by atoms with Crippen LogP contribution in [0.2, 0.25) is 0 Å². The van der Waals surface area contributed by atoms with Crippen molar-refractivity contribution in [2.75, 3.05) is 7.11 Å². The van der Waals surface area contributed by atoms with Gasteiger partial charge in [0, 0.05) is 22.4 Å². The molecular formula is C21H16F3IN4OS. The summed E-state index contributed by atoms with van der Waals surface area (Å²) in [7, 11) is 1.56. The highest BCUT2D eigenvalue weighted by Crippen LogP contribution is 2.32. The molecule has 0 saturated carbocycles. The summed E-state index contributed by atoms with van der Waals surface area (Å²) in [4.78, 5) is 12.6. The molecule has 5 nitrogen and oxygen atoms in total. The van der Waals surface area contributed by atoms with Gasteiger partial charge in [0.05, 0.1) is 30.0 Å². The molecule has 0 N–H and O–H groups in total. The van der Waals surface area contributed by atoms with E-state index in [9.17, 15) is 13.2 Å². The zero-order valence-corrected chi connectivity index (χ0v) is 19.2. The molecule has 0 spiro atoms. The van der Waals surface area contributed by atoms with E-state index in [0.717, 1.165) is 27.2 Å². The maximum absolute atomic E-state index is 12.7. The topological polar surface area (TPSA) is 52.8 Å². The fourth-order valence-corrected chi connectivity index (χ4v) is 4.42. The van der Waals surface area contributed by atoms with E-state index in [-0.39, 0.29) is 0 Å². The Bertz CT molecular complexity index is 1190. The number of alkyl halides is 4. The van der Waals surface area contributed by atoms with Gasteiger partial charge in [0.15, 0.2) is 5.16 Å². The number of thioether (sulfide) groups is 1. The summed E-state index contributed by atoms with van der Waals surface area (Å²) in [6, 6.07) is 12.2. The van der Waals surface area contributed by atoms with Crippen molar-refractivity contribution in [1.29, 1.82) is 0 Å². The molecule has 0 aliphatic heterocycles. The van der Waals surface area contributed by atoms with Crippen LogP contribution in [-0.4, -0.2) is 26.6 Å². The molecule has 3 heterocycles. The molecule has 160 valence electrons. The lowest BCUT2D eigenvalue weighted by molar-refractivity contribution is -0.141. The molecule has 0 saturated heterocycles. The SMILES string of the molecule is COc1ccc(-n2c(SCc3ccc(C(F)(F)F)nc3)nc3ccc(CI)cc32)cn1. The first-order chi connectivity index (χ1) is 14.9. The first kappa shape index (κ1) is 21.9. The molecule has 0 atom stereocenters. The number of imidazole rings is 1. The van der Waals surface area contributed by atoms with E-state index >= 15 is 0 Å². The Labute approximate surface area is 194 Å². The van der Waals surface area contributed by atoms with Gasteiger partial charge in [-0.05, 0) is 35.4 Å². The highest BCUT2D eigenvalue weighted by atomic mass is 127. The normalized spacial score (nSPS) is 11.8. The first-order valence-corrected chi connectivity index (χ1v) is 11.6. The van der Waals surface area contributed by atoms with Crippen LogP contribution in [0.25, 0.3) is 16.7 Å². The van der Waals surface area contributed by atoms with Gasteiger partial charge in [-0.3, -0.25) is 9.55 Å². The number of aromatic nitrogens is 4. The minimum absolute atomic E-state index is 0.428. The Morgan fingerprint density at radius 1 is 1.03 bits per heavy atom. The average molecular weight is 556 g/mol.